The van der Waals surface area contributed by atoms with Crippen molar-refractivity contribution in [3.63, 3.8) is 0 Å². The van der Waals surface area contributed by atoms with E-state index in [2.05, 4.69) is 15.1 Å². The molecular formula is C14H11ClN4O3. The van der Waals surface area contributed by atoms with E-state index in [0.29, 0.717) is 16.3 Å². The zero-order valence-corrected chi connectivity index (χ0v) is 12.3. The minimum Gasteiger partial charge on any atom is -0.460 e. The van der Waals surface area contributed by atoms with Gasteiger partial charge in [-0.1, -0.05) is 29.8 Å². The van der Waals surface area contributed by atoms with E-state index in [1.807, 2.05) is 0 Å². The van der Waals surface area contributed by atoms with E-state index < -0.39 is 11.5 Å². The van der Waals surface area contributed by atoms with Crippen LogP contribution in [0.15, 0.2) is 35.1 Å². The first-order valence-corrected chi connectivity index (χ1v) is 6.90. The number of hydrogen-bond acceptors (Lipinski definition) is 5. The number of fused-ring (bicyclic) bond motifs is 1. The second kappa shape index (κ2) is 5.61. The molecule has 3 rings (SSSR count). The molecule has 2 aromatic heterocycles. The maximum atomic E-state index is 12.1. The van der Waals surface area contributed by atoms with Gasteiger partial charge in [0.2, 0.25) is 5.82 Å². The Bertz CT molecular complexity index is 916. The number of aromatic nitrogens is 4. The fraction of sp³-hybridized carbons (Fsp3) is 0.143. The van der Waals surface area contributed by atoms with Crippen molar-refractivity contribution in [3.05, 3.63) is 51.5 Å². The Kier molecular flexibility index (Phi) is 3.64. The summed E-state index contributed by atoms with van der Waals surface area (Å²) in [6.45, 7) is 1.89. The quantitative estimate of drug-likeness (QED) is 0.745. The molecule has 0 atom stereocenters. The molecule has 1 N–H and O–H groups in total. The molecule has 8 heteroatoms. The van der Waals surface area contributed by atoms with Crippen LogP contribution in [0, 0.1) is 0 Å². The molecule has 0 aliphatic carbocycles. The summed E-state index contributed by atoms with van der Waals surface area (Å²) >= 11 is 6.11. The van der Waals surface area contributed by atoms with Crippen LogP contribution in [0.5, 0.6) is 0 Å². The van der Waals surface area contributed by atoms with Crippen LogP contribution in [0.3, 0.4) is 0 Å². The van der Waals surface area contributed by atoms with Crippen molar-refractivity contribution < 1.29 is 9.53 Å². The first kappa shape index (κ1) is 14.3. The molecule has 0 aliphatic heterocycles. The number of halogens is 1. The number of benzene rings is 1. The molecular weight excluding hydrogens is 308 g/mol. The number of hydrogen-bond donors (Lipinski definition) is 1. The molecule has 1 aromatic carbocycles. The van der Waals surface area contributed by atoms with Gasteiger partial charge in [0.15, 0.2) is 0 Å². The number of ether oxygens (including phenoxy) is 1. The molecule has 0 saturated heterocycles. The van der Waals surface area contributed by atoms with E-state index >= 15 is 0 Å². The topological polar surface area (TPSA) is 89.3 Å². The smallest absolute Gasteiger partial charge is 0.375 e. The maximum Gasteiger partial charge on any atom is 0.375 e. The van der Waals surface area contributed by atoms with E-state index in [1.54, 1.807) is 31.2 Å². The molecule has 0 spiro atoms. The molecule has 0 unspecified atom stereocenters. The first-order valence-electron chi connectivity index (χ1n) is 6.52. The first-order chi connectivity index (χ1) is 10.6. The van der Waals surface area contributed by atoms with Crippen molar-refractivity contribution in [1.82, 2.24) is 19.6 Å². The standard InChI is InChI=1S/C14H11ClN4O3/c1-2-22-13(21)12-17-14-16-10(7-11(20)19(14)18-12)8-5-3-4-6-9(8)15/h3-7H,2H2,1H3,(H,16,17,18). The van der Waals surface area contributed by atoms with Gasteiger partial charge in [-0.2, -0.15) is 9.50 Å². The second-order valence-corrected chi connectivity index (χ2v) is 4.79. The van der Waals surface area contributed by atoms with Crippen molar-refractivity contribution in [1.29, 1.82) is 0 Å². The van der Waals surface area contributed by atoms with E-state index in [-0.39, 0.29) is 18.2 Å². The minimum atomic E-state index is -0.647. The van der Waals surface area contributed by atoms with Crippen molar-refractivity contribution in [2.24, 2.45) is 0 Å². The molecule has 0 radical (unpaired) electrons. The van der Waals surface area contributed by atoms with Crippen LogP contribution >= 0.6 is 11.6 Å². The van der Waals surface area contributed by atoms with Gasteiger partial charge < -0.3 is 4.74 Å². The molecule has 2 heterocycles. The number of nitrogens with one attached hydrogen (secondary N) is 1. The number of nitrogens with zero attached hydrogens (tertiary/aromatic N) is 3. The highest BCUT2D eigenvalue weighted by molar-refractivity contribution is 6.33. The third-order valence-corrected chi connectivity index (χ3v) is 3.28. The van der Waals surface area contributed by atoms with E-state index in [0.717, 1.165) is 4.52 Å². The highest BCUT2D eigenvalue weighted by Gasteiger charge is 2.16. The number of esters is 1. The van der Waals surface area contributed by atoms with Gasteiger partial charge in [0.05, 0.1) is 12.3 Å². The SMILES string of the molecule is CCOC(=O)c1nc2nc(-c3ccccc3Cl)cc(=O)n2[nH]1. The summed E-state index contributed by atoms with van der Waals surface area (Å²) in [7, 11) is 0. The molecule has 22 heavy (non-hydrogen) atoms. The summed E-state index contributed by atoms with van der Waals surface area (Å²) in [5.74, 6) is -0.653. The second-order valence-electron chi connectivity index (χ2n) is 4.39. The summed E-state index contributed by atoms with van der Waals surface area (Å²) in [4.78, 5) is 32.0. The fourth-order valence-corrected chi connectivity index (χ4v) is 2.21. The summed E-state index contributed by atoms with van der Waals surface area (Å²) < 4.78 is 5.91. The molecule has 3 aromatic rings. The highest BCUT2D eigenvalue weighted by Crippen LogP contribution is 2.25. The lowest BCUT2D eigenvalue weighted by molar-refractivity contribution is 0.0512. The Labute approximate surface area is 129 Å². The van der Waals surface area contributed by atoms with Crippen LogP contribution < -0.4 is 5.56 Å². The Balaban J connectivity index is 2.15. The van der Waals surface area contributed by atoms with E-state index in [4.69, 9.17) is 16.3 Å². The van der Waals surface area contributed by atoms with Crippen LogP contribution in [0.1, 0.15) is 17.5 Å². The predicted octanol–water partition coefficient (Wildman–Crippen LogP) is 1.91. The number of carbonyl (C=O) groups is 1. The monoisotopic (exact) mass is 318 g/mol. The largest absolute Gasteiger partial charge is 0.460 e. The Morgan fingerprint density at radius 1 is 1.36 bits per heavy atom. The molecule has 112 valence electrons. The summed E-state index contributed by atoms with van der Waals surface area (Å²) in [5.41, 5.74) is 0.602. The van der Waals surface area contributed by atoms with E-state index in [1.165, 1.54) is 6.07 Å². The lowest BCUT2D eigenvalue weighted by Crippen LogP contribution is -2.15. The maximum absolute atomic E-state index is 12.1. The van der Waals surface area contributed by atoms with Crippen molar-refractivity contribution in [2.75, 3.05) is 6.61 Å². The van der Waals surface area contributed by atoms with Crippen molar-refractivity contribution in [2.45, 2.75) is 6.92 Å². The Morgan fingerprint density at radius 3 is 2.86 bits per heavy atom. The van der Waals surface area contributed by atoms with Crippen LogP contribution in [0.25, 0.3) is 17.0 Å². The van der Waals surface area contributed by atoms with Gasteiger partial charge in [0, 0.05) is 16.7 Å². The normalized spacial score (nSPS) is 10.8. The average Bonchev–Trinajstić information content (AvgIpc) is 2.93. The van der Waals surface area contributed by atoms with Crippen LogP contribution in [-0.2, 0) is 4.74 Å². The Hall–Kier alpha value is -2.67. The van der Waals surface area contributed by atoms with Crippen LogP contribution in [-0.4, -0.2) is 32.2 Å². The zero-order chi connectivity index (χ0) is 15.7. The number of rotatable bonds is 3. The number of H-pyrrole nitrogens is 1. The summed E-state index contributed by atoms with van der Waals surface area (Å²) in [6.07, 6.45) is 0. The van der Waals surface area contributed by atoms with Crippen molar-refractivity contribution >= 4 is 23.3 Å². The predicted molar refractivity (Wildman–Crippen MR) is 80.0 cm³/mol. The van der Waals surface area contributed by atoms with Gasteiger partial charge >= 0.3 is 5.97 Å². The van der Waals surface area contributed by atoms with Crippen molar-refractivity contribution in [3.8, 4) is 11.3 Å². The highest BCUT2D eigenvalue weighted by atomic mass is 35.5. The molecule has 0 aliphatic rings. The molecule has 0 fully saturated rings. The molecule has 0 bridgehead atoms. The number of carbonyl (C=O) groups excluding carboxylic acids is 1. The third-order valence-electron chi connectivity index (χ3n) is 2.95. The summed E-state index contributed by atoms with van der Waals surface area (Å²) in [5, 5.41) is 3.04. The van der Waals surface area contributed by atoms with Gasteiger partial charge in [-0.25, -0.2) is 9.78 Å². The zero-order valence-electron chi connectivity index (χ0n) is 11.5. The van der Waals surface area contributed by atoms with Gasteiger partial charge in [0.1, 0.15) is 0 Å². The average molecular weight is 319 g/mol. The molecule has 0 amide bonds. The molecule has 0 saturated carbocycles. The lowest BCUT2D eigenvalue weighted by atomic mass is 10.1. The van der Waals surface area contributed by atoms with E-state index in [9.17, 15) is 9.59 Å². The van der Waals surface area contributed by atoms with Gasteiger partial charge in [0.25, 0.3) is 11.3 Å². The molecule has 7 nitrogen and oxygen atoms in total. The van der Waals surface area contributed by atoms with Gasteiger partial charge in [-0.15, -0.1) is 0 Å². The summed E-state index contributed by atoms with van der Waals surface area (Å²) in [6, 6.07) is 8.35. The van der Waals surface area contributed by atoms with Crippen LogP contribution in [0.4, 0.5) is 0 Å². The van der Waals surface area contributed by atoms with Crippen LogP contribution in [0.2, 0.25) is 5.02 Å². The Morgan fingerprint density at radius 2 is 2.14 bits per heavy atom. The van der Waals surface area contributed by atoms with Gasteiger partial charge in [-0.3, -0.25) is 9.89 Å². The fourth-order valence-electron chi connectivity index (χ4n) is 1.98. The number of aromatic amines is 1. The van der Waals surface area contributed by atoms with Gasteiger partial charge in [-0.05, 0) is 13.0 Å². The lowest BCUT2D eigenvalue weighted by Gasteiger charge is -2.02. The third kappa shape index (κ3) is 2.46. The minimum absolute atomic E-state index is 0.0745.